The Morgan fingerprint density at radius 1 is 1.03 bits per heavy atom. The molecule has 164 valence electrons. The lowest BCUT2D eigenvalue weighted by Crippen LogP contribution is -2.45. The quantitative estimate of drug-likeness (QED) is 0.600. The average molecular weight is 411 g/mol. The normalized spacial score (nSPS) is 16.6. The minimum Gasteiger partial charge on any atom is -0.494 e. The largest absolute Gasteiger partial charge is 0.494 e. The molecule has 1 aliphatic rings. The lowest BCUT2D eigenvalue weighted by molar-refractivity contribution is -0.0275. The third-order valence-corrected chi connectivity index (χ3v) is 6.19. The third-order valence-electron chi connectivity index (χ3n) is 6.19. The van der Waals surface area contributed by atoms with Gasteiger partial charge in [0.2, 0.25) is 0 Å². The summed E-state index contributed by atoms with van der Waals surface area (Å²) in [5.41, 5.74) is 1.96. The van der Waals surface area contributed by atoms with Crippen molar-refractivity contribution in [1.82, 2.24) is 4.90 Å². The van der Waals surface area contributed by atoms with E-state index in [0.717, 1.165) is 69.9 Å². The van der Waals surface area contributed by atoms with E-state index in [0.29, 0.717) is 5.92 Å². The first-order valence-corrected chi connectivity index (χ1v) is 11.4. The summed E-state index contributed by atoms with van der Waals surface area (Å²) in [6.45, 7) is 8.92. The summed E-state index contributed by atoms with van der Waals surface area (Å²) in [7, 11) is 2.10. The van der Waals surface area contributed by atoms with Crippen LogP contribution in [0.3, 0.4) is 0 Å². The maximum Gasteiger partial charge on any atom is 0.119 e. The molecule has 0 saturated carbocycles. The minimum atomic E-state index is -0.554. The molecule has 30 heavy (non-hydrogen) atoms. The Hall–Kier alpha value is -2.04. The van der Waals surface area contributed by atoms with Crippen LogP contribution in [0.4, 0.5) is 5.69 Å². The standard InChI is InChI=1S/C26H38N2O2/c1-22(2)13-20-30-25-11-9-24(10-12-25)27(3)17-14-26(29)15-18-28(19-16-26)21-23-7-5-4-6-8-23/h4-12,22,29H,13-21H2,1-3H3. The van der Waals surface area contributed by atoms with E-state index in [1.54, 1.807) is 0 Å². The monoisotopic (exact) mass is 410 g/mol. The summed E-state index contributed by atoms with van der Waals surface area (Å²) in [6, 6.07) is 18.9. The molecule has 0 radical (unpaired) electrons. The molecule has 1 fully saturated rings. The van der Waals surface area contributed by atoms with Crippen molar-refractivity contribution in [2.75, 3.05) is 38.2 Å². The van der Waals surface area contributed by atoms with Crippen molar-refractivity contribution >= 4 is 5.69 Å². The van der Waals surface area contributed by atoms with Gasteiger partial charge in [-0.3, -0.25) is 4.90 Å². The fraction of sp³-hybridized carbons (Fsp3) is 0.538. The summed E-state index contributed by atoms with van der Waals surface area (Å²) >= 11 is 0. The molecular formula is C26H38N2O2. The molecule has 1 heterocycles. The molecule has 0 atom stereocenters. The SMILES string of the molecule is CC(C)CCOc1ccc(N(C)CCC2(O)CCN(Cc3ccccc3)CC2)cc1. The van der Waals surface area contributed by atoms with Gasteiger partial charge in [0.15, 0.2) is 0 Å². The Morgan fingerprint density at radius 2 is 1.70 bits per heavy atom. The van der Waals surface area contributed by atoms with Crippen LogP contribution >= 0.6 is 0 Å². The predicted octanol–water partition coefficient (Wildman–Crippen LogP) is 4.96. The number of rotatable bonds is 10. The van der Waals surface area contributed by atoms with Crippen LogP contribution in [0, 0.1) is 5.92 Å². The number of piperidine rings is 1. The lowest BCUT2D eigenvalue weighted by Gasteiger charge is -2.39. The maximum absolute atomic E-state index is 11.1. The van der Waals surface area contributed by atoms with E-state index in [1.807, 2.05) is 12.1 Å². The molecule has 1 saturated heterocycles. The number of benzene rings is 2. The van der Waals surface area contributed by atoms with Gasteiger partial charge >= 0.3 is 0 Å². The second kappa shape index (κ2) is 10.8. The summed E-state index contributed by atoms with van der Waals surface area (Å²) in [5, 5.41) is 11.1. The molecule has 4 heteroatoms. The Labute approximate surface area is 182 Å². The number of hydrogen-bond donors (Lipinski definition) is 1. The molecule has 0 bridgehead atoms. The van der Waals surface area contributed by atoms with Crippen LogP contribution in [-0.4, -0.2) is 48.9 Å². The fourth-order valence-electron chi connectivity index (χ4n) is 3.93. The van der Waals surface area contributed by atoms with Gasteiger partial charge in [0.05, 0.1) is 12.2 Å². The van der Waals surface area contributed by atoms with Crippen molar-refractivity contribution in [1.29, 1.82) is 0 Å². The van der Waals surface area contributed by atoms with Crippen molar-refractivity contribution in [3.63, 3.8) is 0 Å². The van der Waals surface area contributed by atoms with Crippen molar-refractivity contribution in [2.45, 2.75) is 51.7 Å². The molecule has 0 unspecified atom stereocenters. The molecule has 1 aliphatic heterocycles. The van der Waals surface area contributed by atoms with Crippen LogP contribution in [0.2, 0.25) is 0 Å². The fourth-order valence-corrected chi connectivity index (χ4v) is 3.93. The molecule has 3 rings (SSSR count). The van der Waals surface area contributed by atoms with Gasteiger partial charge in [-0.1, -0.05) is 44.2 Å². The highest BCUT2D eigenvalue weighted by molar-refractivity contribution is 5.48. The van der Waals surface area contributed by atoms with Gasteiger partial charge in [0.25, 0.3) is 0 Å². The number of likely N-dealkylation sites (tertiary alicyclic amines) is 1. The number of hydrogen-bond acceptors (Lipinski definition) is 4. The highest BCUT2D eigenvalue weighted by Gasteiger charge is 2.32. The number of aliphatic hydroxyl groups is 1. The lowest BCUT2D eigenvalue weighted by atomic mass is 9.88. The molecule has 2 aromatic rings. The van der Waals surface area contributed by atoms with Gasteiger partial charge < -0.3 is 14.7 Å². The molecule has 1 N–H and O–H groups in total. The summed E-state index contributed by atoms with van der Waals surface area (Å²) in [5.74, 6) is 1.59. The van der Waals surface area contributed by atoms with E-state index in [9.17, 15) is 5.11 Å². The molecular weight excluding hydrogens is 372 g/mol. The highest BCUT2D eigenvalue weighted by Crippen LogP contribution is 2.28. The third kappa shape index (κ3) is 7.03. The van der Waals surface area contributed by atoms with Crippen molar-refractivity contribution < 1.29 is 9.84 Å². The predicted molar refractivity (Wildman–Crippen MR) is 125 cm³/mol. The van der Waals surface area contributed by atoms with Gasteiger partial charge in [0, 0.05) is 38.9 Å². The Kier molecular flexibility index (Phi) is 8.17. The van der Waals surface area contributed by atoms with Crippen LogP contribution in [0.5, 0.6) is 5.75 Å². The van der Waals surface area contributed by atoms with Crippen molar-refractivity contribution in [2.24, 2.45) is 5.92 Å². The van der Waals surface area contributed by atoms with E-state index < -0.39 is 5.60 Å². The first kappa shape index (κ1) is 22.6. The second-order valence-corrected chi connectivity index (χ2v) is 9.18. The van der Waals surface area contributed by atoms with Gasteiger partial charge in [-0.25, -0.2) is 0 Å². The first-order valence-electron chi connectivity index (χ1n) is 11.4. The van der Waals surface area contributed by atoms with Crippen LogP contribution in [0.25, 0.3) is 0 Å². The molecule has 2 aromatic carbocycles. The Balaban J connectivity index is 1.41. The highest BCUT2D eigenvalue weighted by atomic mass is 16.5. The first-order chi connectivity index (χ1) is 14.4. The molecule has 0 spiro atoms. The van der Waals surface area contributed by atoms with Crippen molar-refractivity contribution in [3.05, 3.63) is 60.2 Å². The molecule has 0 aromatic heterocycles. The number of nitrogens with zero attached hydrogens (tertiary/aromatic N) is 2. The molecule has 0 aliphatic carbocycles. The summed E-state index contributed by atoms with van der Waals surface area (Å²) < 4.78 is 5.81. The average Bonchev–Trinajstić information content (AvgIpc) is 2.75. The Morgan fingerprint density at radius 3 is 2.33 bits per heavy atom. The topological polar surface area (TPSA) is 35.9 Å². The van der Waals surface area contributed by atoms with Crippen molar-refractivity contribution in [3.8, 4) is 5.75 Å². The van der Waals surface area contributed by atoms with E-state index >= 15 is 0 Å². The molecule has 4 nitrogen and oxygen atoms in total. The van der Waals surface area contributed by atoms with Crippen LogP contribution < -0.4 is 9.64 Å². The van der Waals surface area contributed by atoms with E-state index in [2.05, 4.69) is 73.2 Å². The zero-order chi connectivity index (χ0) is 21.4. The summed E-state index contributed by atoms with van der Waals surface area (Å²) in [6.07, 6.45) is 3.56. The number of anilines is 1. The molecule has 0 amide bonds. The van der Waals surface area contributed by atoms with Gasteiger partial charge in [-0.2, -0.15) is 0 Å². The smallest absolute Gasteiger partial charge is 0.119 e. The van der Waals surface area contributed by atoms with Gasteiger partial charge in [-0.05, 0) is 61.4 Å². The van der Waals surface area contributed by atoms with E-state index in [4.69, 9.17) is 4.74 Å². The zero-order valence-corrected chi connectivity index (χ0v) is 18.9. The van der Waals surface area contributed by atoms with Crippen LogP contribution in [0.1, 0.15) is 45.1 Å². The van der Waals surface area contributed by atoms with Gasteiger partial charge in [0.1, 0.15) is 5.75 Å². The number of ether oxygens (including phenoxy) is 1. The van der Waals surface area contributed by atoms with Crippen LogP contribution in [0.15, 0.2) is 54.6 Å². The Bertz CT molecular complexity index is 737. The maximum atomic E-state index is 11.1. The minimum absolute atomic E-state index is 0.554. The second-order valence-electron chi connectivity index (χ2n) is 9.18. The van der Waals surface area contributed by atoms with E-state index in [1.165, 1.54) is 5.56 Å². The van der Waals surface area contributed by atoms with Gasteiger partial charge in [-0.15, -0.1) is 0 Å². The summed E-state index contributed by atoms with van der Waals surface area (Å²) in [4.78, 5) is 4.68. The zero-order valence-electron chi connectivity index (χ0n) is 18.9. The van der Waals surface area contributed by atoms with E-state index in [-0.39, 0.29) is 0 Å². The van der Waals surface area contributed by atoms with Crippen LogP contribution in [-0.2, 0) is 6.54 Å².